The fraction of sp³-hybridized carbons (Fsp3) is 0.379. The predicted octanol–water partition coefficient (Wildman–Crippen LogP) is 5.52. The molecule has 1 aliphatic heterocycles. The first kappa shape index (κ1) is 27.6. The summed E-state index contributed by atoms with van der Waals surface area (Å²) in [7, 11) is -3.85. The number of piperidine rings is 1. The van der Waals surface area contributed by atoms with E-state index in [4.69, 9.17) is 9.26 Å². The number of amides is 1. The smallest absolute Gasteiger partial charge is 0.248 e. The van der Waals surface area contributed by atoms with Crippen molar-refractivity contribution in [3.05, 3.63) is 70.1 Å². The van der Waals surface area contributed by atoms with Gasteiger partial charge in [0.15, 0.2) is 10.7 Å². The molecule has 0 bridgehead atoms. The maximum atomic E-state index is 13.6. The van der Waals surface area contributed by atoms with E-state index in [0.717, 1.165) is 22.4 Å². The van der Waals surface area contributed by atoms with E-state index >= 15 is 0 Å². The van der Waals surface area contributed by atoms with Crippen molar-refractivity contribution in [1.82, 2.24) is 9.46 Å². The van der Waals surface area contributed by atoms with E-state index in [0.29, 0.717) is 30.8 Å². The minimum Gasteiger partial charge on any atom is -0.494 e. The fourth-order valence-electron chi connectivity index (χ4n) is 4.94. The van der Waals surface area contributed by atoms with Gasteiger partial charge in [-0.1, -0.05) is 28.9 Å². The largest absolute Gasteiger partial charge is 0.494 e. The van der Waals surface area contributed by atoms with E-state index in [9.17, 15) is 13.2 Å². The van der Waals surface area contributed by atoms with E-state index in [1.807, 2.05) is 45.9 Å². The van der Waals surface area contributed by atoms with Gasteiger partial charge in [0.05, 0.1) is 6.61 Å². The van der Waals surface area contributed by atoms with Crippen LogP contribution in [0.2, 0.25) is 0 Å². The Bertz CT molecular complexity index is 1410. The van der Waals surface area contributed by atoms with Crippen LogP contribution in [0.15, 0.2) is 45.8 Å². The van der Waals surface area contributed by atoms with Crippen LogP contribution in [0.1, 0.15) is 53.5 Å². The molecule has 0 spiro atoms. The number of hydrogen-bond acceptors (Lipinski definition) is 6. The van der Waals surface area contributed by atoms with E-state index < -0.39 is 10.0 Å². The molecule has 1 aromatic heterocycles. The second-order valence-electron chi connectivity index (χ2n) is 9.73. The molecule has 1 aliphatic rings. The first-order valence-corrected chi connectivity index (χ1v) is 14.3. The molecule has 2 heterocycles. The van der Waals surface area contributed by atoms with Gasteiger partial charge in [0.2, 0.25) is 15.9 Å². The average Bonchev–Trinajstić information content (AvgIpc) is 3.25. The van der Waals surface area contributed by atoms with Gasteiger partial charge in [-0.15, -0.1) is 0 Å². The van der Waals surface area contributed by atoms with Crippen molar-refractivity contribution in [1.29, 1.82) is 0 Å². The lowest BCUT2D eigenvalue weighted by Crippen LogP contribution is -2.41. The summed E-state index contributed by atoms with van der Waals surface area (Å²) < 4.78 is 39.5. The molecule has 4 rings (SSSR count). The number of hydrogen-bond donors (Lipinski definition) is 1. The molecule has 3 aromatic rings. The minimum absolute atomic E-state index is 0.0773. The van der Waals surface area contributed by atoms with Crippen molar-refractivity contribution in [2.75, 3.05) is 25.0 Å². The molecule has 1 saturated heterocycles. The number of aryl methyl sites for hydroxylation is 4. The zero-order valence-electron chi connectivity index (χ0n) is 22.6. The van der Waals surface area contributed by atoms with E-state index in [-0.39, 0.29) is 35.6 Å². The molecule has 0 saturated carbocycles. The van der Waals surface area contributed by atoms with Gasteiger partial charge >= 0.3 is 0 Å². The summed E-state index contributed by atoms with van der Waals surface area (Å²) in [5, 5.41) is 6.88. The van der Waals surface area contributed by atoms with Crippen molar-refractivity contribution in [2.45, 2.75) is 52.4 Å². The van der Waals surface area contributed by atoms with Gasteiger partial charge in [-0.3, -0.25) is 4.79 Å². The third-order valence-corrected chi connectivity index (χ3v) is 8.89. The summed E-state index contributed by atoms with van der Waals surface area (Å²) in [5.74, 6) is 0.562. The number of anilines is 1. The van der Waals surface area contributed by atoms with E-state index in [1.54, 1.807) is 25.1 Å². The quantitative estimate of drug-likeness (QED) is 0.406. The molecule has 0 unspecified atom stereocenters. The molecule has 9 heteroatoms. The molecule has 8 nitrogen and oxygen atoms in total. The van der Waals surface area contributed by atoms with E-state index in [1.165, 1.54) is 9.87 Å². The van der Waals surface area contributed by atoms with Crippen LogP contribution in [0.3, 0.4) is 0 Å². The Labute approximate surface area is 224 Å². The van der Waals surface area contributed by atoms with Gasteiger partial charge in [0, 0.05) is 24.7 Å². The highest BCUT2D eigenvalue weighted by Gasteiger charge is 2.36. The third-order valence-electron chi connectivity index (χ3n) is 6.83. The maximum Gasteiger partial charge on any atom is 0.248 e. The molecule has 1 N–H and O–H groups in total. The van der Waals surface area contributed by atoms with Crippen molar-refractivity contribution in [3.8, 4) is 5.75 Å². The molecular formula is C29H35N3O5S. The molecule has 2 aromatic carbocycles. The van der Waals surface area contributed by atoms with Crippen molar-refractivity contribution >= 4 is 33.8 Å². The monoisotopic (exact) mass is 537 g/mol. The van der Waals surface area contributed by atoms with Crippen molar-refractivity contribution in [2.24, 2.45) is 5.92 Å². The number of rotatable bonds is 8. The minimum atomic E-state index is -3.85. The molecule has 0 aliphatic carbocycles. The summed E-state index contributed by atoms with van der Waals surface area (Å²) in [5.41, 5.74) is 5.40. The molecule has 1 amide bonds. The number of sulfonamides is 1. The zero-order chi connectivity index (χ0) is 27.4. The predicted molar refractivity (Wildman–Crippen MR) is 149 cm³/mol. The number of nitrogens with one attached hydrogen (secondary N) is 1. The highest BCUT2D eigenvalue weighted by Crippen LogP contribution is 2.30. The van der Waals surface area contributed by atoms with Gasteiger partial charge < -0.3 is 14.6 Å². The molecule has 1 fully saturated rings. The molecule has 202 valence electrons. The van der Waals surface area contributed by atoms with Gasteiger partial charge in [-0.25, -0.2) is 8.42 Å². The standard InChI is InChI=1S/C29H35N3O5S/c1-6-36-25-9-7-24(8-10-25)30-29(33)23-13-15-32(16-14-23)38(34,35)28-22(5)31-37-27(28)12-11-26-20(3)17-19(2)18-21(26)4/h7-12,17-18,23H,6,13-16H2,1-5H3,(H,30,33). The number of ether oxygens (including phenoxy) is 1. The number of benzene rings is 2. The van der Waals surface area contributed by atoms with Crippen LogP contribution >= 0.6 is 0 Å². The lowest BCUT2D eigenvalue weighted by molar-refractivity contribution is -0.120. The fourth-order valence-corrected chi connectivity index (χ4v) is 6.66. The lowest BCUT2D eigenvalue weighted by atomic mass is 9.97. The normalized spacial score (nSPS) is 15.2. The molecular weight excluding hydrogens is 502 g/mol. The Kier molecular flexibility index (Phi) is 8.38. The first-order valence-electron chi connectivity index (χ1n) is 12.9. The van der Waals surface area contributed by atoms with Gasteiger partial charge in [0.1, 0.15) is 11.4 Å². The van der Waals surface area contributed by atoms with Crippen LogP contribution in [0.4, 0.5) is 5.69 Å². The zero-order valence-corrected chi connectivity index (χ0v) is 23.4. The van der Waals surface area contributed by atoms with Gasteiger partial charge in [-0.05, 0) is 94.5 Å². The number of nitrogens with zero attached hydrogens (tertiary/aromatic N) is 2. The third kappa shape index (κ3) is 6.00. The average molecular weight is 538 g/mol. The van der Waals surface area contributed by atoms with Crippen LogP contribution < -0.4 is 10.1 Å². The summed E-state index contributed by atoms with van der Waals surface area (Å²) in [6.07, 6.45) is 4.41. The summed E-state index contributed by atoms with van der Waals surface area (Å²) >= 11 is 0. The lowest BCUT2D eigenvalue weighted by Gasteiger charge is -2.30. The second-order valence-corrected chi connectivity index (χ2v) is 11.6. The SMILES string of the molecule is CCOc1ccc(NC(=O)C2CCN(S(=O)(=O)c3c(C)noc3C=Cc3c(C)cc(C)cc3C)CC2)cc1. The Morgan fingerprint density at radius 3 is 2.32 bits per heavy atom. The Morgan fingerprint density at radius 1 is 1.08 bits per heavy atom. The molecule has 0 radical (unpaired) electrons. The maximum absolute atomic E-state index is 13.6. The number of carbonyl (C=O) groups is 1. The Hall–Kier alpha value is -3.43. The van der Waals surface area contributed by atoms with Crippen LogP contribution in [0.25, 0.3) is 12.2 Å². The Balaban J connectivity index is 1.44. The Morgan fingerprint density at radius 2 is 1.71 bits per heavy atom. The van der Waals surface area contributed by atoms with Crippen molar-refractivity contribution < 1.29 is 22.5 Å². The number of aromatic nitrogens is 1. The molecule has 0 atom stereocenters. The van der Waals surface area contributed by atoms with Crippen LogP contribution in [0, 0.1) is 33.6 Å². The van der Waals surface area contributed by atoms with Crippen LogP contribution in [-0.4, -0.2) is 43.5 Å². The first-order chi connectivity index (χ1) is 18.1. The summed E-state index contributed by atoms with van der Waals surface area (Å²) in [6.45, 7) is 10.7. The van der Waals surface area contributed by atoms with Gasteiger partial charge in [-0.2, -0.15) is 4.31 Å². The topological polar surface area (TPSA) is 102 Å². The molecule has 38 heavy (non-hydrogen) atoms. The van der Waals surface area contributed by atoms with Crippen LogP contribution in [-0.2, 0) is 14.8 Å². The van der Waals surface area contributed by atoms with Crippen molar-refractivity contribution in [3.63, 3.8) is 0 Å². The van der Waals surface area contributed by atoms with Crippen LogP contribution in [0.5, 0.6) is 5.75 Å². The highest BCUT2D eigenvalue weighted by molar-refractivity contribution is 7.89. The second kappa shape index (κ2) is 11.5. The van der Waals surface area contributed by atoms with Gasteiger partial charge in [0.25, 0.3) is 0 Å². The summed E-state index contributed by atoms with van der Waals surface area (Å²) in [6, 6.07) is 11.4. The summed E-state index contributed by atoms with van der Waals surface area (Å²) in [4.78, 5) is 12.9. The number of carbonyl (C=O) groups excluding carboxylic acids is 1. The highest BCUT2D eigenvalue weighted by atomic mass is 32.2. The van der Waals surface area contributed by atoms with E-state index in [2.05, 4.69) is 22.6 Å².